The third kappa shape index (κ3) is 2.69. The second-order valence-electron chi connectivity index (χ2n) is 6.26. The molecule has 5 rings (SSSR count). The molecular weight excluding hydrogens is 341 g/mol. The average molecular weight is 361 g/mol. The highest BCUT2D eigenvalue weighted by molar-refractivity contribution is 7.22. The molecule has 2 unspecified atom stereocenters. The van der Waals surface area contributed by atoms with Gasteiger partial charge in [-0.15, -0.1) is 11.3 Å². The van der Waals surface area contributed by atoms with Gasteiger partial charge < -0.3 is 10.3 Å². The Hall–Kier alpha value is -2.06. The number of hydrogen-bond donors (Lipinski definition) is 3. The molecule has 3 N–H and O–H groups in total. The van der Waals surface area contributed by atoms with Crippen molar-refractivity contribution in [2.45, 2.75) is 44.9 Å². The maximum atomic E-state index is 14.0. The Morgan fingerprint density at radius 1 is 1.32 bits per heavy atom. The normalized spacial score (nSPS) is 27.5. The quantitative estimate of drug-likeness (QED) is 0.654. The predicted molar refractivity (Wildman–Crippen MR) is 96.5 cm³/mol. The van der Waals surface area contributed by atoms with E-state index >= 15 is 0 Å². The first-order chi connectivity index (χ1) is 12.2. The second-order valence-corrected chi connectivity index (χ2v) is 7.31. The minimum atomic E-state index is -0.809. The van der Waals surface area contributed by atoms with Gasteiger partial charge in [-0.05, 0) is 18.9 Å². The van der Waals surface area contributed by atoms with E-state index in [4.69, 9.17) is 0 Å². The summed E-state index contributed by atoms with van der Waals surface area (Å²) in [4.78, 5) is 20.8. The molecule has 8 heteroatoms. The fourth-order valence-electron chi connectivity index (χ4n) is 3.79. The second kappa shape index (κ2) is 6.34. The summed E-state index contributed by atoms with van der Waals surface area (Å²) < 4.78 is 14.6. The Bertz CT molecular complexity index is 934. The van der Waals surface area contributed by atoms with Gasteiger partial charge in [0.05, 0.1) is 17.8 Å². The first kappa shape index (κ1) is 16.4. The smallest absolute Gasteiger partial charge is 0.268 e. The summed E-state index contributed by atoms with van der Waals surface area (Å²) in [5.41, 5.74) is 1.42. The van der Waals surface area contributed by atoms with E-state index in [0.717, 1.165) is 16.9 Å². The number of thiophene rings is 1. The highest BCUT2D eigenvalue weighted by atomic mass is 32.1. The summed E-state index contributed by atoms with van der Waals surface area (Å²) in [6.07, 6.45) is 4.07. The standard InChI is InChI=1S/C15H14FN5OS.C2H6/c16-9-2-7-1-8(9)12(19-7)14-20-10-3-11(6-4-17-18-5-6)23-13(10)15(22)21-14;1-2/h3-5,7-9,12,19H,1-2H2,(H,17,18)(H,20,21,22);1-2H3/t7?,8?,9-,12-;/m0./s1. The van der Waals surface area contributed by atoms with Crippen molar-refractivity contribution in [2.24, 2.45) is 5.92 Å². The van der Waals surface area contributed by atoms with Gasteiger partial charge in [0.25, 0.3) is 5.56 Å². The van der Waals surface area contributed by atoms with Gasteiger partial charge in [-0.1, -0.05) is 13.8 Å². The van der Waals surface area contributed by atoms with Crippen LogP contribution < -0.4 is 10.9 Å². The summed E-state index contributed by atoms with van der Waals surface area (Å²) in [6.45, 7) is 4.00. The molecule has 6 nitrogen and oxygen atoms in total. The molecule has 4 atom stereocenters. The number of H-pyrrole nitrogens is 2. The molecule has 3 aromatic rings. The van der Waals surface area contributed by atoms with E-state index in [1.165, 1.54) is 11.3 Å². The first-order valence-corrected chi connectivity index (χ1v) is 9.44. The summed E-state index contributed by atoms with van der Waals surface area (Å²) in [5, 5.41) is 10.1. The minimum Gasteiger partial charge on any atom is -0.308 e. The Kier molecular flexibility index (Phi) is 4.16. The van der Waals surface area contributed by atoms with Crippen molar-refractivity contribution in [3.63, 3.8) is 0 Å². The topological polar surface area (TPSA) is 86.5 Å². The van der Waals surface area contributed by atoms with Crippen molar-refractivity contribution in [2.75, 3.05) is 0 Å². The molecule has 0 spiro atoms. The molecule has 1 aliphatic heterocycles. The third-order valence-corrected chi connectivity index (χ3v) is 6.03. The predicted octanol–water partition coefficient (Wildman–Crippen LogP) is 3.16. The molecule has 1 saturated heterocycles. The van der Waals surface area contributed by atoms with E-state index in [1.807, 2.05) is 19.9 Å². The highest BCUT2D eigenvalue weighted by Crippen LogP contribution is 2.44. The monoisotopic (exact) mass is 361 g/mol. The van der Waals surface area contributed by atoms with Crippen molar-refractivity contribution in [1.82, 2.24) is 25.5 Å². The fourth-order valence-corrected chi connectivity index (χ4v) is 4.77. The number of nitrogens with one attached hydrogen (secondary N) is 3. The van der Waals surface area contributed by atoms with E-state index in [1.54, 1.807) is 12.4 Å². The number of aromatic nitrogens is 4. The number of fused-ring (bicyclic) bond motifs is 3. The van der Waals surface area contributed by atoms with Gasteiger partial charge in [-0.3, -0.25) is 9.89 Å². The van der Waals surface area contributed by atoms with Crippen LogP contribution in [-0.2, 0) is 0 Å². The van der Waals surface area contributed by atoms with Crippen molar-refractivity contribution in [3.8, 4) is 10.4 Å². The number of halogens is 1. The fraction of sp³-hybridized carbons (Fsp3) is 0.471. The molecule has 0 amide bonds. The van der Waals surface area contributed by atoms with Gasteiger partial charge in [-0.2, -0.15) is 5.10 Å². The van der Waals surface area contributed by atoms with Crippen LogP contribution in [0.3, 0.4) is 0 Å². The first-order valence-electron chi connectivity index (χ1n) is 8.62. The lowest BCUT2D eigenvalue weighted by atomic mass is 9.97. The maximum absolute atomic E-state index is 14.0. The molecule has 2 bridgehead atoms. The third-order valence-electron chi connectivity index (χ3n) is 4.85. The molecule has 25 heavy (non-hydrogen) atoms. The zero-order valence-corrected chi connectivity index (χ0v) is 14.9. The largest absolute Gasteiger partial charge is 0.308 e. The average Bonchev–Trinajstić information content (AvgIpc) is 3.38. The van der Waals surface area contributed by atoms with Gasteiger partial charge >= 0.3 is 0 Å². The molecule has 3 aromatic heterocycles. The van der Waals surface area contributed by atoms with Crippen LogP contribution in [0.1, 0.15) is 38.6 Å². The van der Waals surface area contributed by atoms with Crippen LogP contribution in [0, 0.1) is 5.92 Å². The number of piperidine rings is 1. The molecule has 2 fully saturated rings. The van der Waals surface area contributed by atoms with E-state index in [0.29, 0.717) is 22.5 Å². The maximum Gasteiger partial charge on any atom is 0.268 e. The highest BCUT2D eigenvalue weighted by Gasteiger charge is 2.47. The zero-order chi connectivity index (χ0) is 17.6. The lowest BCUT2D eigenvalue weighted by molar-refractivity contribution is 0.196. The van der Waals surface area contributed by atoms with Gasteiger partial charge in [0.15, 0.2) is 0 Å². The molecule has 4 heterocycles. The molecule has 2 aliphatic rings. The summed E-state index contributed by atoms with van der Waals surface area (Å²) >= 11 is 1.39. The van der Waals surface area contributed by atoms with Crippen molar-refractivity contribution in [1.29, 1.82) is 0 Å². The molecule has 132 valence electrons. The number of aromatic amines is 2. The number of hydrogen-bond acceptors (Lipinski definition) is 5. The molecule has 0 radical (unpaired) electrons. The van der Waals surface area contributed by atoms with Crippen LogP contribution in [0.25, 0.3) is 20.7 Å². The van der Waals surface area contributed by atoms with Gasteiger partial charge in [-0.25, -0.2) is 9.37 Å². The van der Waals surface area contributed by atoms with Crippen LogP contribution in [-0.4, -0.2) is 32.4 Å². The van der Waals surface area contributed by atoms with E-state index < -0.39 is 6.17 Å². The Balaban J connectivity index is 0.000000758. The van der Waals surface area contributed by atoms with Crippen molar-refractivity contribution < 1.29 is 4.39 Å². The van der Waals surface area contributed by atoms with Crippen LogP contribution in [0.2, 0.25) is 0 Å². The van der Waals surface area contributed by atoms with Crippen LogP contribution in [0.15, 0.2) is 23.3 Å². The van der Waals surface area contributed by atoms with Crippen molar-refractivity contribution in [3.05, 3.63) is 34.6 Å². The lowest BCUT2D eigenvalue weighted by Crippen LogP contribution is -2.36. The summed E-state index contributed by atoms with van der Waals surface area (Å²) in [7, 11) is 0. The minimum absolute atomic E-state index is 0.0902. The number of nitrogens with zero attached hydrogens (tertiary/aromatic N) is 2. The van der Waals surface area contributed by atoms with Gasteiger partial charge in [0, 0.05) is 28.6 Å². The lowest BCUT2D eigenvalue weighted by Gasteiger charge is -2.24. The Labute approximate surface area is 147 Å². The number of alkyl halides is 1. The van der Waals surface area contributed by atoms with E-state index in [-0.39, 0.29) is 23.6 Å². The van der Waals surface area contributed by atoms with E-state index in [2.05, 4.69) is 25.5 Å². The summed E-state index contributed by atoms with van der Waals surface area (Å²) in [5.74, 6) is 0.460. The molecule has 1 saturated carbocycles. The Morgan fingerprint density at radius 2 is 2.16 bits per heavy atom. The SMILES string of the molecule is CC.O=c1[nH]c([C@H]2NC3CC2[C@@H](F)C3)nc2cc(-c3cn[nH]c3)sc12. The zero-order valence-electron chi connectivity index (χ0n) is 14.0. The van der Waals surface area contributed by atoms with Crippen LogP contribution in [0.5, 0.6) is 0 Å². The number of rotatable bonds is 2. The summed E-state index contributed by atoms with van der Waals surface area (Å²) in [6, 6.07) is 1.90. The Morgan fingerprint density at radius 3 is 2.84 bits per heavy atom. The van der Waals surface area contributed by atoms with Crippen LogP contribution >= 0.6 is 11.3 Å². The van der Waals surface area contributed by atoms with Gasteiger partial charge in [0.1, 0.15) is 16.7 Å². The van der Waals surface area contributed by atoms with Crippen molar-refractivity contribution >= 4 is 21.6 Å². The molecule has 1 aliphatic carbocycles. The van der Waals surface area contributed by atoms with E-state index in [9.17, 15) is 9.18 Å². The molecular formula is C17H20FN5OS. The van der Waals surface area contributed by atoms with Crippen LogP contribution in [0.4, 0.5) is 4.39 Å². The van der Waals surface area contributed by atoms with Gasteiger partial charge in [0.2, 0.25) is 0 Å². The molecule has 0 aromatic carbocycles.